The lowest BCUT2D eigenvalue weighted by Gasteiger charge is -2.32. The van der Waals surface area contributed by atoms with Crippen LogP contribution in [0.1, 0.15) is 122 Å². The number of hydrogen-bond acceptors (Lipinski definition) is 3. The first-order chi connectivity index (χ1) is 28.1. The van der Waals surface area contributed by atoms with Crippen LogP contribution in [0, 0.1) is 5.92 Å². The van der Waals surface area contributed by atoms with Gasteiger partial charge in [-0.1, -0.05) is 148 Å². The van der Waals surface area contributed by atoms with E-state index >= 15 is 0 Å². The molecular weight excluding hydrogens is 739 g/mol. The normalized spacial score (nSPS) is 17.1. The second-order valence-electron chi connectivity index (χ2n) is 16.0. The first kappa shape index (κ1) is 40.9. The van der Waals surface area contributed by atoms with Gasteiger partial charge in [0.2, 0.25) is 5.78 Å². The zero-order valence-electron chi connectivity index (χ0n) is 33.3. The lowest BCUT2D eigenvalue weighted by molar-refractivity contribution is 0.0851. The number of halogens is 1. The van der Waals surface area contributed by atoms with Crippen molar-refractivity contribution in [3.63, 3.8) is 0 Å². The predicted molar refractivity (Wildman–Crippen MR) is 240 cm³/mol. The average molecular weight is 796 g/mol. The molecule has 5 heteroatoms. The van der Waals surface area contributed by atoms with E-state index in [0.29, 0.717) is 35.0 Å². The van der Waals surface area contributed by atoms with Gasteiger partial charge in [-0.05, 0) is 111 Å². The number of unbranched alkanes of at least 4 members (excludes halogenated alkanes) is 9. The van der Waals surface area contributed by atoms with Crippen LogP contribution in [0.3, 0.4) is 0 Å². The Labute approximate surface area is 346 Å². The smallest absolute Gasteiger partial charge is 0.228 e. The average Bonchev–Trinajstić information content (AvgIpc) is 3.27. The number of hydrogen-bond donors (Lipinski definition) is 0. The molecule has 0 unspecified atom stereocenters. The van der Waals surface area contributed by atoms with Crippen LogP contribution < -0.4 is 15.9 Å². The molecule has 0 saturated heterocycles. The largest absolute Gasteiger partial charge is 0.489 e. The van der Waals surface area contributed by atoms with E-state index in [-0.39, 0.29) is 17.5 Å². The van der Waals surface area contributed by atoms with Crippen LogP contribution in [-0.4, -0.2) is 24.3 Å². The van der Waals surface area contributed by atoms with Crippen LogP contribution in [0.5, 0.6) is 0 Å². The van der Waals surface area contributed by atoms with Crippen molar-refractivity contribution in [3.05, 3.63) is 173 Å². The van der Waals surface area contributed by atoms with Crippen LogP contribution in [0.4, 0.5) is 0 Å². The van der Waals surface area contributed by atoms with Gasteiger partial charge in [-0.2, -0.15) is 0 Å². The lowest BCUT2D eigenvalue weighted by Crippen LogP contribution is -2.33. The standard InChI is InChI=1S/C52H57ClO3P/c53-43-36-34-41(35-37-43)40-30-32-42(33-31-40)49-50(54)47-28-18-19-29-48(47)51(55)52(49)56-38-20-7-5-3-1-2-4-6-8-21-39-57(44-22-12-9-13-23-44,45-24-14-10-15-25-45)46-26-16-11-17-27-46/h9-19,22-29,34-37,40,42H,1-8,20-21,30-33,38-39H2/q+1. The molecule has 0 aromatic heterocycles. The maximum atomic E-state index is 13.9. The number of rotatable bonds is 19. The Morgan fingerprint density at radius 1 is 0.474 bits per heavy atom. The topological polar surface area (TPSA) is 43.4 Å². The quantitative estimate of drug-likeness (QED) is 0.0617. The summed E-state index contributed by atoms with van der Waals surface area (Å²) < 4.78 is 6.30. The molecule has 2 aliphatic carbocycles. The molecule has 0 bridgehead atoms. The molecule has 0 spiro atoms. The molecular formula is C52H57ClO3P+. The molecule has 57 heavy (non-hydrogen) atoms. The molecule has 2 aliphatic rings. The summed E-state index contributed by atoms with van der Waals surface area (Å²) in [6.45, 7) is 0.471. The van der Waals surface area contributed by atoms with E-state index in [2.05, 4.69) is 103 Å². The van der Waals surface area contributed by atoms with Gasteiger partial charge in [0.1, 0.15) is 23.2 Å². The van der Waals surface area contributed by atoms with E-state index in [1.54, 1.807) is 12.1 Å². The fourth-order valence-electron chi connectivity index (χ4n) is 9.26. The zero-order chi connectivity index (χ0) is 39.3. The number of benzene rings is 5. The van der Waals surface area contributed by atoms with Crippen LogP contribution >= 0.6 is 18.9 Å². The number of carbonyl (C=O) groups excluding carboxylic acids is 2. The predicted octanol–water partition coefficient (Wildman–Crippen LogP) is 12.9. The fraction of sp³-hybridized carbons (Fsp3) is 0.346. The molecule has 0 amide bonds. The van der Waals surface area contributed by atoms with E-state index in [9.17, 15) is 9.59 Å². The second kappa shape index (κ2) is 20.4. The molecule has 7 rings (SSSR count). The Balaban J connectivity index is 0.847. The summed E-state index contributed by atoms with van der Waals surface area (Å²) in [6.07, 6.45) is 16.8. The summed E-state index contributed by atoms with van der Waals surface area (Å²) in [6, 6.07) is 49.1. The van der Waals surface area contributed by atoms with Gasteiger partial charge in [0.15, 0.2) is 11.5 Å². The van der Waals surface area contributed by atoms with Gasteiger partial charge in [0.05, 0.1) is 12.8 Å². The Hall–Kier alpha value is -4.30. The van der Waals surface area contributed by atoms with E-state index in [1.165, 1.54) is 72.6 Å². The molecule has 5 aromatic rings. The van der Waals surface area contributed by atoms with Gasteiger partial charge in [0, 0.05) is 21.7 Å². The summed E-state index contributed by atoms with van der Waals surface area (Å²) in [4.78, 5) is 27.7. The van der Waals surface area contributed by atoms with Crippen molar-refractivity contribution in [2.24, 2.45) is 5.92 Å². The Kier molecular flexibility index (Phi) is 14.6. The Morgan fingerprint density at radius 2 is 0.895 bits per heavy atom. The van der Waals surface area contributed by atoms with Crippen LogP contribution in [0.2, 0.25) is 5.02 Å². The third kappa shape index (κ3) is 9.88. The molecule has 3 nitrogen and oxygen atoms in total. The third-order valence-electron chi connectivity index (χ3n) is 12.3. The molecule has 294 valence electrons. The summed E-state index contributed by atoms with van der Waals surface area (Å²) >= 11 is 6.14. The highest BCUT2D eigenvalue weighted by molar-refractivity contribution is 7.95. The van der Waals surface area contributed by atoms with Crippen LogP contribution in [-0.2, 0) is 4.74 Å². The molecule has 0 radical (unpaired) electrons. The van der Waals surface area contributed by atoms with Crippen LogP contribution in [0.25, 0.3) is 0 Å². The minimum absolute atomic E-state index is 0.0280. The SMILES string of the molecule is O=C1C(OCCCCCCCCCCCC[P+](c2ccccc2)(c2ccccc2)c2ccccc2)=C(C2CCC(c3ccc(Cl)cc3)CC2)C(=O)c2ccccc21. The molecule has 0 N–H and O–H groups in total. The zero-order valence-corrected chi connectivity index (χ0v) is 34.9. The van der Waals surface area contributed by atoms with E-state index in [4.69, 9.17) is 16.3 Å². The maximum Gasteiger partial charge on any atom is 0.228 e. The minimum Gasteiger partial charge on any atom is -0.489 e. The van der Waals surface area contributed by atoms with E-state index in [0.717, 1.165) is 50.0 Å². The minimum atomic E-state index is -1.74. The third-order valence-corrected chi connectivity index (χ3v) is 17.1. The number of Topliss-reactive ketones (excluding diaryl/α,β-unsaturated/α-hetero) is 2. The molecule has 1 fully saturated rings. The number of carbonyl (C=O) groups is 2. The Morgan fingerprint density at radius 3 is 1.40 bits per heavy atom. The lowest BCUT2D eigenvalue weighted by atomic mass is 9.72. The summed E-state index contributed by atoms with van der Waals surface area (Å²) in [5.74, 6) is 0.627. The number of allylic oxidation sites excluding steroid dienone is 2. The van der Waals surface area contributed by atoms with Crippen molar-refractivity contribution in [2.45, 2.75) is 95.8 Å². The van der Waals surface area contributed by atoms with Crippen LogP contribution in [0.15, 0.2) is 151 Å². The van der Waals surface area contributed by atoms with Gasteiger partial charge >= 0.3 is 0 Å². The monoisotopic (exact) mass is 795 g/mol. The second-order valence-corrected chi connectivity index (χ2v) is 20.0. The first-order valence-electron chi connectivity index (χ1n) is 21.4. The molecule has 0 aliphatic heterocycles. The van der Waals surface area contributed by atoms with E-state index < -0.39 is 7.26 Å². The highest BCUT2D eigenvalue weighted by Gasteiger charge is 2.44. The van der Waals surface area contributed by atoms with Gasteiger partial charge < -0.3 is 4.74 Å². The summed E-state index contributed by atoms with van der Waals surface area (Å²) in [5, 5.41) is 5.17. The van der Waals surface area contributed by atoms with Crippen molar-refractivity contribution >= 4 is 46.3 Å². The van der Waals surface area contributed by atoms with Crippen molar-refractivity contribution in [1.82, 2.24) is 0 Å². The summed E-state index contributed by atoms with van der Waals surface area (Å²) in [7, 11) is -1.74. The van der Waals surface area contributed by atoms with Gasteiger partial charge in [-0.25, -0.2) is 0 Å². The van der Waals surface area contributed by atoms with Crippen molar-refractivity contribution in [3.8, 4) is 0 Å². The number of fused-ring (bicyclic) bond motifs is 1. The number of ketones is 2. The first-order valence-corrected chi connectivity index (χ1v) is 23.8. The van der Waals surface area contributed by atoms with E-state index in [1.807, 2.05) is 24.3 Å². The van der Waals surface area contributed by atoms with Gasteiger partial charge in [0.25, 0.3) is 0 Å². The molecule has 0 heterocycles. The van der Waals surface area contributed by atoms with Gasteiger partial charge in [-0.15, -0.1) is 0 Å². The maximum absolute atomic E-state index is 13.9. The van der Waals surface area contributed by atoms with Crippen molar-refractivity contribution in [2.75, 3.05) is 12.8 Å². The number of ether oxygens (including phenoxy) is 1. The molecule has 0 atom stereocenters. The molecule has 1 saturated carbocycles. The molecule has 5 aromatic carbocycles. The van der Waals surface area contributed by atoms with Crippen molar-refractivity contribution in [1.29, 1.82) is 0 Å². The van der Waals surface area contributed by atoms with Crippen molar-refractivity contribution < 1.29 is 14.3 Å². The highest BCUT2D eigenvalue weighted by atomic mass is 35.5. The van der Waals surface area contributed by atoms with Gasteiger partial charge in [-0.3, -0.25) is 9.59 Å². The highest BCUT2D eigenvalue weighted by Crippen LogP contribution is 2.56. The summed E-state index contributed by atoms with van der Waals surface area (Å²) in [5.41, 5.74) is 2.90. The fourth-order valence-corrected chi connectivity index (χ4v) is 13.8. The Bertz CT molecular complexity index is 1970.